The number of halogens is 1. The van der Waals surface area contributed by atoms with Gasteiger partial charge in [0.1, 0.15) is 5.01 Å². The lowest BCUT2D eigenvalue weighted by atomic mass is 10.2. The molecule has 22 heavy (non-hydrogen) atoms. The first-order valence-electron chi connectivity index (χ1n) is 7.78. The second-order valence-corrected chi connectivity index (χ2v) is 6.69. The van der Waals surface area contributed by atoms with Crippen molar-refractivity contribution in [2.24, 2.45) is 4.99 Å². The van der Waals surface area contributed by atoms with Crippen LogP contribution >= 0.6 is 35.3 Å². The van der Waals surface area contributed by atoms with Gasteiger partial charge in [0.15, 0.2) is 5.96 Å². The van der Waals surface area contributed by atoms with E-state index >= 15 is 0 Å². The van der Waals surface area contributed by atoms with E-state index in [1.165, 1.54) is 11.3 Å². The van der Waals surface area contributed by atoms with Crippen LogP contribution in [-0.4, -0.2) is 60.0 Å². The number of nitrogens with one attached hydrogen (secondary N) is 1. The van der Waals surface area contributed by atoms with Crippen molar-refractivity contribution in [3.63, 3.8) is 0 Å². The standard InChI is InChI=1S/C15H27N5S.HI/c1-5-19(6-2)13-7-8-20(11-13)15(16-4)18-10-14-17-9-12(3)21-14;/h9,13H,5-8,10-11H2,1-4H3,(H,16,18);1H. The molecule has 1 aliphatic rings. The summed E-state index contributed by atoms with van der Waals surface area (Å²) in [7, 11) is 1.86. The van der Waals surface area contributed by atoms with Gasteiger partial charge < -0.3 is 10.2 Å². The fourth-order valence-electron chi connectivity index (χ4n) is 2.94. The molecule has 5 nitrogen and oxygen atoms in total. The van der Waals surface area contributed by atoms with Crippen LogP contribution in [0.2, 0.25) is 0 Å². The molecule has 126 valence electrons. The Kier molecular flexibility index (Phi) is 8.63. The molecule has 0 amide bonds. The van der Waals surface area contributed by atoms with Crippen LogP contribution in [0.15, 0.2) is 11.2 Å². The second kappa shape index (κ2) is 9.67. The maximum Gasteiger partial charge on any atom is 0.194 e. The van der Waals surface area contributed by atoms with E-state index in [9.17, 15) is 0 Å². The molecule has 2 heterocycles. The van der Waals surface area contributed by atoms with Crippen LogP contribution in [0, 0.1) is 6.92 Å². The van der Waals surface area contributed by atoms with Crippen molar-refractivity contribution in [3.05, 3.63) is 16.1 Å². The van der Waals surface area contributed by atoms with Gasteiger partial charge in [-0.15, -0.1) is 35.3 Å². The minimum absolute atomic E-state index is 0. The number of thiazole rings is 1. The molecule has 1 atom stereocenters. The molecule has 7 heteroatoms. The Morgan fingerprint density at radius 3 is 2.77 bits per heavy atom. The number of rotatable bonds is 5. The van der Waals surface area contributed by atoms with Crippen LogP contribution in [0.5, 0.6) is 0 Å². The van der Waals surface area contributed by atoms with Crippen molar-refractivity contribution < 1.29 is 0 Å². The normalized spacial score (nSPS) is 18.7. The summed E-state index contributed by atoms with van der Waals surface area (Å²) in [6.45, 7) is 11.7. The average molecular weight is 437 g/mol. The zero-order valence-corrected chi connectivity index (χ0v) is 17.1. The van der Waals surface area contributed by atoms with E-state index < -0.39 is 0 Å². The summed E-state index contributed by atoms with van der Waals surface area (Å²) in [6, 6.07) is 0.653. The van der Waals surface area contributed by atoms with Crippen LogP contribution in [0.3, 0.4) is 0 Å². The van der Waals surface area contributed by atoms with Crippen LogP contribution < -0.4 is 5.32 Å². The Hall–Kier alpha value is -0.410. The topological polar surface area (TPSA) is 43.8 Å². The fraction of sp³-hybridized carbons (Fsp3) is 0.733. The number of likely N-dealkylation sites (N-methyl/N-ethyl adjacent to an activating group) is 1. The highest BCUT2D eigenvalue weighted by atomic mass is 127. The number of hydrogen-bond acceptors (Lipinski definition) is 4. The number of nitrogens with zero attached hydrogens (tertiary/aromatic N) is 4. The number of aromatic nitrogens is 1. The van der Waals surface area contributed by atoms with Gasteiger partial charge in [-0.1, -0.05) is 13.8 Å². The van der Waals surface area contributed by atoms with Crippen molar-refractivity contribution in [1.82, 2.24) is 20.1 Å². The lowest BCUT2D eigenvalue weighted by Crippen LogP contribution is -2.43. The summed E-state index contributed by atoms with van der Waals surface area (Å²) in [5.41, 5.74) is 0. The van der Waals surface area contributed by atoms with Crippen LogP contribution in [0.1, 0.15) is 30.2 Å². The molecular weight excluding hydrogens is 409 g/mol. The maximum absolute atomic E-state index is 4.43. The largest absolute Gasteiger partial charge is 0.350 e. The number of likely N-dealkylation sites (tertiary alicyclic amines) is 1. The van der Waals surface area contributed by atoms with Gasteiger partial charge in [0.25, 0.3) is 0 Å². The number of aliphatic imine (C=N–C) groups is 1. The molecule has 1 unspecified atom stereocenters. The molecule has 0 bridgehead atoms. The first-order chi connectivity index (χ1) is 10.2. The Morgan fingerprint density at radius 2 is 2.23 bits per heavy atom. The summed E-state index contributed by atoms with van der Waals surface area (Å²) in [4.78, 5) is 15.0. The minimum Gasteiger partial charge on any atom is -0.350 e. The molecule has 0 aliphatic carbocycles. The van der Waals surface area contributed by atoms with Crippen molar-refractivity contribution in [2.75, 3.05) is 33.2 Å². The Bertz CT molecular complexity index is 472. The zero-order chi connectivity index (χ0) is 15.2. The first-order valence-corrected chi connectivity index (χ1v) is 8.60. The summed E-state index contributed by atoms with van der Waals surface area (Å²) in [5, 5.41) is 4.56. The molecule has 1 N–H and O–H groups in total. The smallest absolute Gasteiger partial charge is 0.194 e. The molecule has 1 aromatic heterocycles. The third-order valence-electron chi connectivity index (χ3n) is 4.07. The summed E-state index contributed by atoms with van der Waals surface area (Å²) >= 11 is 1.74. The van der Waals surface area contributed by atoms with Crippen LogP contribution in [0.25, 0.3) is 0 Å². The molecule has 1 fully saturated rings. The van der Waals surface area contributed by atoms with Crippen molar-refractivity contribution >= 4 is 41.3 Å². The van der Waals surface area contributed by atoms with E-state index in [0.717, 1.165) is 43.7 Å². The highest BCUT2D eigenvalue weighted by molar-refractivity contribution is 14.0. The van der Waals surface area contributed by atoms with Crippen molar-refractivity contribution in [1.29, 1.82) is 0 Å². The zero-order valence-electron chi connectivity index (χ0n) is 14.0. The number of hydrogen-bond donors (Lipinski definition) is 1. The van der Waals surface area contributed by atoms with E-state index in [1.807, 2.05) is 13.2 Å². The number of guanidine groups is 1. The highest BCUT2D eigenvalue weighted by Gasteiger charge is 2.27. The van der Waals surface area contributed by atoms with Gasteiger partial charge in [0.05, 0.1) is 6.54 Å². The molecule has 0 saturated carbocycles. The van der Waals surface area contributed by atoms with Gasteiger partial charge in [0, 0.05) is 37.3 Å². The van der Waals surface area contributed by atoms with Crippen LogP contribution in [0.4, 0.5) is 0 Å². The molecule has 2 rings (SSSR count). The minimum atomic E-state index is 0. The number of aryl methyl sites for hydroxylation is 1. The molecule has 0 aromatic carbocycles. The third-order valence-corrected chi connectivity index (χ3v) is 4.98. The predicted molar refractivity (Wildman–Crippen MR) is 105 cm³/mol. The third kappa shape index (κ3) is 5.06. The summed E-state index contributed by atoms with van der Waals surface area (Å²) in [5.74, 6) is 0.998. The lowest BCUT2D eigenvalue weighted by Gasteiger charge is -2.27. The monoisotopic (exact) mass is 437 g/mol. The fourth-order valence-corrected chi connectivity index (χ4v) is 3.67. The van der Waals surface area contributed by atoms with Gasteiger partial charge >= 0.3 is 0 Å². The predicted octanol–water partition coefficient (Wildman–Crippen LogP) is 2.56. The Labute approximate surface area is 155 Å². The SMILES string of the molecule is CCN(CC)C1CCN(C(=NC)NCc2ncc(C)s2)C1.I. The van der Waals surface area contributed by atoms with E-state index in [-0.39, 0.29) is 24.0 Å². The molecule has 1 aromatic rings. The highest BCUT2D eigenvalue weighted by Crippen LogP contribution is 2.16. The Morgan fingerprint density at radius 1 is 1.50 bits per heavy atom. The van der Waals surface area contributed by atoms with E-state index in [2.05, 4.69) is 45.9 Å². The first kappa shape index (κ1) is 19.6. The van der Waals surface area contributed by atoms with Crippen molar-refractivity contribution in [2.45, 2.75) is 39.8 Å². The van der Waals surface area contributed by atoms with E-state index in [0.29, 0.717) is 6.04 Å². The second-order valence-electron chi connectivity index (χ2n) is 5.38. The molecular formula is C15H28IN5S. The quantitative estimate of drug-likeness (QED) is 0.437. The maximum atomic E-state index is 4.43. The molecule has 0 spiro atoms. The Balaban J connectivity index is 0.00000242. The average Bonchev–Trinajstić information content (AvgIpc) is 3.11. The van der Waals surface area contributed by atoms with Crippen molar-refractivity contribution in [3.8, 4) is 0 Å². The van der Waals surface area contributed by atoms with Gasteiger partial charge in [0.2, 0.25) is 0 Å². The summed E-state index contributed by atoms with van der Waals surface area (Å²) < 4.78 is 0. The van der Waals surface area contributed by atoms with Gasteiger partial charge in [-0.25, -0.2) is 4.98 Å². The molecule has 1 aliphatic heterocycles. The molecule has 1 saturated heterocycles. The van der Waals surface area contributed by atoms with Gasteiger partial charge in [-0.05, 0) is 26.4 Å². The van der Waals surface area contributed by atoms with Gasteiger partial charge in [-0.2, -0.15) is 0 Å². The van der Waals surface area contributed by atoms with Gasteiger partial charge in [-0.3, -0.25) is 9.89 Å². The molecule has 0 radical (unpaired) electrons. The summed E-state index contributed by atoms with van der Waals surface area (Å²) in [6.07, 6.45) is 3.15. The van der Waals surface area contributed by atoms with Crippen LogP contribution in [-0.2, 0) is 6.54 Å². The van der Waals surface area contributed by atoms with E-state index in [1.54, 1.807) is 11.3 Å². The lowest BCUT2D eigenvalue weighted by molar-refractivity contribution is 0.223. The van der Waals surface area contributed by atoms with E-state index in [4.69, 9.17) is 0 Å².